The molecule has 95 heavy (non-hydrogen) atoms. The van der Waals surface area contributed by atoms with Crippen LogP contribution in [-0.4, -0.2) is 96.7 Å². The molecule has 0 saturated carbocycles. The van der Waals surface area contributed by atoms with Gasteiger partial charge >= 0.3 is 39.5 Å². The largest absolute Gasteiger partial charge is 0.472 e. The minimum atomic E-state index is -4.96. The van der Waals surface area contributed by atoms with E-state index in [0.29, 0.717) is 31.6 Å². The van der Waals surface area contributed by atoms with Crippen LogP contribution in [0.4, 0.5) is 0 Å². The highest BCUT2D eigenvalue weighted by Gasteiger charge is 2.30. The molecule has 0 aliphatic heterocycles. The van der Waals surface area contributed by atoms with Crippen molar-refractivity contribution in [3.05, 3.63) is 0 Å². The molecular weight excluding hydrogens is 1250 g/mol. The van der Waals surface area contributed by atoms with Crippen molar-refractivity contribution in [2.75, 3.05) is 39.6 Å². The van der Waals surface area contributed by atoms with E-state index in [1.807, 2.05) is 0 Å². The predicted octanol–water partition coefficient (Wildman–Crippen LogP) is 22.3. The highest BCUT2D eigenvalue weighted by Crippen LogP contribution is 2.45. The maximum atomic E-state index is 13.1. The fourth-order valence-electron chi connectivity index (χ4n) is 11.6. The van der Waals surface area contributed by atoms with Gasteiger partial charge in [0.1, 0.15) is 19.3 Å². The Morgan fingerprint density at radius 2 is 0.537 bits per heavy atom. The minimum Gasteiger partial charge on any atom is -0.462 e. The molecule has 0 aromatic carbocycles. The van der Waals surface area contributed by atoms with Crippen molar-refractivity contribution in [2.24, 2.45) is 11.8 Å². The summed E-state index contributed by atoms with van der Waals surface area (Å²) in [6, 6.07) is 0. The number of rotatable bonds is 75. The fourth-order valence-corrected chi connectivity index (χ4v) is 13.2. The van der Waals surface area contributed by atoms with Crippen molar-refractivity contribution >= 4 is 39.5 Å². The zero-order chi connectivity index (χ0) is 70.0. The number of carbonyl (C=O) groups is 4. The zero-order valence-electron chi connectivity index (χ0n) is 62.0. The summed E-state index contributed by atoms with van der Waals surface area (Å²) in [5.41, 5.74) is 0. The first-order valence-corrected chi connectivity index (χ1v) is 42.5. The van der Waals surface area contributed by atoms with Gasteiger partial charge in [0.15, 0.2) is 12.2 Å². The predicted molar refractivity (Wildman–Crippen MR) is 386 cm³/mol. The lowest BCUT2D eigenvalue weighted by atomic mass is 9.99. The molecule has 19 heteroatoms. The summed E-state index contributed by atoms with van der Waals surface area (Å²) < 4.78 is 68.4. The summed E-state index contributed by atoms with van der Waals surface area (Å²) in [6.45, 7) is 9.57. The summed E-state index contributed by atoms with van der Waals surface area (Å²) in [7, 11) is -9.90. The number of aliphatic hydroxyl groups is 1. The van der Waals surface area contributed by atoms with E-state index in [9.17, 15) is 43.2 Å². The maximum absolute atomic E-state index is 13.1. The molecule has 0 aliphatic rings. The molecule has 0 aliphatic carbocycles. The lowest BCUT2D eigenvalue weighted by molar-refractivity contribution is -0.161. The molecule has 3 unspecified atom stereocenters. The molecule has 0 saturated heterocycles. The van der Waals surface area contributed by atoms with Crippen LogP contribution in [0.5, 0.6) is 0 Å². The number of phosphoric ester groups is 2. The van der Waals surface area contributed by atoms with E-state index in [-0.39, 0.29) is 25.7 Å². The quantitative estimate of drug-likeness (QED) is 0.0222. The standard InChI is InChI=1S/C76H148O17P2/c1-7-10-12-14-16-18-19-20-25-29-32-35-41-47-53-59-74(79)87-65-71(92-75(80)60-54-48-42-36-33-30-27-24-22-21-23-26-28-31-34-39-45-51-57-69(6)9-3)66-90-94(82,83)88-62-70(77)63-89-95(84,85)91-67-72(64-86-73(78)58-52-46-40-17-15-13-11-8-2)93-76(81)61-55-49-43-37-38-44-50-56-68(4)5/h68-72,77H,7-67H2,1-6H3,(H,82,83)(H,84,85)/t69?,70-,71-,72-/m1/s1. The highest BCUT2D eigenvalue weighted by atomic mass is 31.2. The van der Waals surface area contributed by atoms with Gasteiger partial charge in [0, 0.05) is 25.7 Å². The van der Waals surface area contributed by atoms with Gasteiger partial charge in [-0.1, -0.05) is 343 Å². The average Bonchev–Trinajstić information content (AvgIpc) is 2.52. The Morgan fingerprint density at radius 3 is 0.800 bits per heavy atom. The van der Waals surface area contributed by atoms with E-state index in [1.165, 1.54) is 205 Å². The Morgan fingerprint density at radius 1 is 0.305 bits per heavy atom. The molecule has 0 bridgehead atoms. The van der Waals surface area contributed by atoms with Crippen LogP contribution >= 0.6 is 15.6 Å². The Bertz CT molecular complexity index is 1840. The smallest absolute Gasteiger partial charge is 0.462 e. The molecule has 0 spiro atoms. The zero-order valence-corrected chi connectivity index (χ0v) is 63.8. The van der Waals surface area contributed by atoms with Gasteiger partial charge < -0.3 is 33.8 Å². The molecule has 0 aromatic heterocycles. The van der Waals surface area contributed by atoms with Crippen molar-refractivity contribution in [1.29, 1.82) is 0 Å². The van der Waals surface area contributed by atoms with Crippen LogP contribution in [0.2, 0.25) is 0 Å². The lowest BCUT2D eigenvalue weighted by Gasteiger charge is -2.21. The Hall–Kier alpha value is -1.94. The van der Waals surface area contributed by atoms with E-state index in [0.717, 1.165) is 102 Å². The van der Waals surface area contributed by atoms with Gasteiger partial charge in [0.05, 0.1) is 26.4 Å². The van der Waals surface area contributed by atoms with E-state index in [4.69, 9.17) is 37.0 Å². The molecule has 17 nitrogen and oxygen atoms in total. The SMILES string of the molecule is CCCCCCCCCCCCCCCCCC(=O)OC[C@H](COP(=O)(O)OC[C@@H](O)COP(=O)(O)OC[C@@H](COC(=O)CCCCCCCCCC)OC(=O)CCCCCCCCCC(C)C)OC(=O)CCCCCCCCCCCCCCCCCCCCC(C)CC. The summed E-state index contributed by atoms with van der Waals surface area (Å²) in [6.07, 6.45) is 55.7. The topological polar surface area (TPSA) is 237 Å². The molecule has 0 heterocycles. The molecule has 3 N–H and O–H groups in total. The molecule has 0 radical (unpaired) electrons. The monoisotopic (exact) mass is 1400 g/mol. The molecule has 0 aromatic rings. The Balaban J connectivity index is 5.16. The number of phosphoric acid groups is 2. The van der Waals surface area contributed by atoms with Crippen LogP contribution in [0, 0.1) is 11.8 Å². The van der Waals surface area contributed by atoms with Crippen molar-refractivity contribution in [3.8, 4) is 0 Å². The minimum absolute atomic E-state index is 0.103. The summed E-state index contributed by atoms with van der Waals surface area (Å²) in [5.74, 6) is -0.554. The second-order valence-corrected chi connectivity index (χ2v) is 31.0. The number of hydrogen-bond acceptors (Lipinski definition) is 15. The number of unbranched alkanes of at least 4 members (excludes halogenated alkanes) is 44. The highest BCUT2D eigenvalue weighted by molar-refractivity contribution is 7.47. The number of esters is 4. The Kier molecular flexibility index (Phi) is 66.5. The number of ether oxygens (including phenoxy) is 4. The molecule has 0 rings (SSSR count). The van der Waals surface area contributed by atoms with E-state index in [2.05, 4.69) is 41.5 Å². The van der Waals surface area contributed by atoms with Crippen molar-refractivity contribution < 1.29 is 80.2 Å². The van der Waals surface area contributed by atoms with Gasteiger partial charge in [-0.15, -0.1) is 0 Å². The normalized spacial score (nSPS) is 14.3. The first-order valence-electron chi connectivity index (χ1n) is 39.5. The van der Waals surface area contributed by atoms with Gasteiger partial charge in [-0.2, -0.15) is 0 Å². The van der Waals surface area contributed by atoms with Crippen LogP contribution in [0.3, 0.4) is 0 Å². The van der Waals surface area contributed by atoms with Crippen LogP contribution in [0.1, 0.15) is 395 Å². The van der Waals surface area contributed by atoms with Gasteiger partial charge in [0.2, 0.25) is 0 Å². The van der Waals surface area contributed by atoms with Crippen LogP contribution < -0.4 is 0 Å². The maximum Gasteiger partial charge on any atom is 0.472 e. The first-order chi connectivity index (χ1) is 45.9. The van der Waals surface area contributed by atoms with Crippen molar-refractivity contribution in [2.45, 2.75) is 413 Å². The number of aliphatic hydroxyl groups excluding tert-OH is 1. The third-order valence-corrected chi connectivity index (χ3v) is 20.0. The third kappa shape index (κ3) is 69.0. The third-order valence-electron chi connectivity index (χ3n) is 18.1. The van der Waals surface area contributed by atoms with Gasteiger partial charge in [-0.25, -0.2) is 9.13 Å². The molecule has 0 amide bonds. The van der Waals surface area contributed by atoms with Crippen LogP contribution in [0.15, 0.2) is 0 Å². The van der Waals surface area contributed by atoms with Gasteiger partial charge in [0.25, 0.3) is 0 Å². The van der Waals surface area contributed by atoms with E-state index >= 15 is 0 Å². The molecular formula is C76H148O17P2. The van der Waals surface area contributed by atoms with Crippen LogP contribution in [-0.2, 0) is 65.4 Å². The van der Waals surface area contributed by atoms with Crippen LogP contribution in [0.25, 0.3) is 0 Å². The Labute approximate surface area is 581 Å². The molecule has 564 valence electrons. The van der Waals surface area contributed by atoms with Gasteiger partial charge in [-0.3, -0.25) is 37.3 Å². The van der Waals surface area contributed by atoms with E-state index < -0.39 is 97.5 Å². The fraction of sp³-hybridized carbons (Fsp3) is 0.947. The average molecular weight is 1400 g/mol. The first kappa shape index (κ1) is 93.1. The summed E-state index contributed by atoms with van der Waals surface area (Å²) >= 11 is 0. The second-order valence-electron chi connectivity index (χ2n) is 28.1. The lowest BCUT2D eigenvalue weighted by Crippen LogP contribution is -2.30. The molecule has 0 fully saturated rings. The van der Waals surface area contributed by atoms with Crippen molar-refractivity contribution in [1.82, 2.24) is 0 Å². The number of carbonyl (C=O) groups excluding carboxylic acids is 4. The molecule has 6 atom stereocenters. The summed E-state index contributed by atoms with van der Waals surface area (Å²) in [5, 5.41) is 10.6. The number of hydrogen-bond donors (Lipinski definition) is 3. The van der Waals surface area contributed by atoms with Crippen molar-refractivity contribution in [3.63, 3.8) is 0 Å². The summed E-state index contributed by atoms with van der Waals surface area (Å²) in [4.78, 5) is 72.6. The van der Waals surface area contributed by atoms with Gasteiger partial charge in [-0.05, 0) is 37.5 Å². The second kappa shape index (κ2) is 67.9. The van der Waals surface area contributed by atoms with E-state index in [1.54, 1.807) is 0 Å².